The SMILES string of the molecule is C[C@H](C#N)CSc1nnc(N2CCOCC2)n1Cc1ccccc1. The van der Waals surface area contributed by atoms with Crippen LogP contribution in [-0.4, -0.2) is 46.8 Å². The molecule has 3 rings (SSSR count). The maximum atomic E-state index is 9.00. The second kappa shape index (κ2) is 8.18. The number of thioether (sulfide) groups is 1. The molecular weight excluding hydrogens is 322 g/mol. The number of aromatic nitrogens is 3. The van der Waals surface area contributed by atoms with Crippen molar-refractivity contribution in [2.75, 3.05) is 37.0 Å². The van der Waals surface area contributed by atoms with E-state index in [2.05, 4.69) is 37.9 Å². The van der Waals surface area contributed by atoms with Crippen LogP contribution in [0, 0.1) is 17.2 Å². The number of benzene rings is 1. The third-order valence-electron chi connectivity index (χ3n) is 3.86. The molecule has 2 heterocycles. The van der Waals surface area contributed by atoms with Crippen LogP contribution in [0.1, 0.15) is 12.5 Å². The molecule has 0 unspecified atom stereocenters. The number of hydrogen-bond donors (Lipinski definition) is 0. The molecule has 0 saturated carbocycles. The Labute approximate surface area is 146 Å². The summed E-state index contributed by atoms with van der Waals surface area (Å²) in [7, 11) is 0. The van der Waals surface area contributed by atoms with Crippen molar-refractivity contribution in [1.29, 1.82) is 5.26 Å². The number of anilines is 1. The van der Waals surface area contributed by atoms with Crippen LogP contribution in [0.3, 0.4) is 0 Å². The first-order chi connectivity index (χ1) is 11.8. The van der Waals surface area contributed by atoms with Crippen molar-refractivity contribution in [2.45, 2.75) is 18.6 Å². The zero-order chi connectivity index (χ0) is 16.8. The van der Waals surface area contributed by atoms with E-state index in [0.29, 0.717) is 19.0 Å². The van der Waals surface area contributed by atoms with Crippen LogP contribution in [-0.2, 0) is 11.3 Å². The van der Waals surface area contributed by atoms with Gasteiger partial charge in [-0.05, 0) is 12.5 Å². The Bertz CT molecular complexity index is 691. The van der Waals surface area contributed by atoms with E-state index < -0.39 is 0 Å². The number of rotatable bonds is 6. The van der Waals surface area contributed by atoms with Gasteiger partial charge in [0.25, 0.3) is 0 Å². The molecular formula is C17H21N5OS. The van der Waals surface area contributed by atoms with Crippen molar-refractivity contribution < 1.29 is 4.74 Å². The number of ether oxygens (including phenoxy) is 1. The normalized spacial score (nSPS) is 15.9. The lowest BCUT2D eigenvalue weighted by molar-refractivity contribution is 0.121. The Balaban J connectivity index is 1.85. The van der Waals surface area contributed by atoms with Gasteiger partial charge in [-0.15, -0.1) is 10.2 Å². The lowest BCUT2D eigenvalue weighted by Gasteiger charge is -2.28. The Morgan fingerprint density at radius 1 is 1.25 bits per heavy atom. The van der Waals surface area contributed by atoms with Gasteiger partial charge in [-0.3, -0.25) is 4.57 Å². The first kappa shape index (κ1) is 16.8. The molecule has 1 saturated heterocycles. The maximum Gasteiger partial charge on any atom is 0.228 e. The molecule has 0 N–H and O–H groups in total. The highest BCUT2D eigenvalue weighted by atomic mass is 32.2. The Hall–Kier alpha value is -2.04. The van der Waals surface area contributed by atoms with E-state index in [-0.39, 0.29) is 5.92 Å². The summed E-state index contributed by atoms with van der Waals surface area (Å²) < 4.78 is 7.59. The van der Waals surface area contributed by atoms with Gasteiger partial charge >= 0.3 is 0 Å². The summed E-state index contributed by atoms with van der Waals surface area (Å²) in [5, 5.41) is 18.7. The second-order valence-electron chi connectivity index (χ2n) is 5.79. The smallest absolute Gasteiger partial charge is 0.228 e. The molecule has 7 heteroatoms. The predicted molar refractivity (Wildman–Crippen MR) is 94.1 cm³/mol. The number of nitrogens with zero attached hydrogens (tertiary/aromatic N) is 5. The topological polar surface area (TPSA) is 67.0 Å². The molecule has 126 valence electrons. The van der Waals surface area contributed by atoms with Gasteiger partial charge < -0.3 is 9.64 Å². The maximum absolute atomic E-state index is 9.00. The van der Waals surface area contributed by atoms with Crippen molar-refractivity contribution in [3.8, 4) is 6.07 Å². The highest BCUT2D eigenvalue weighted by Gasteiger charge is 2.21. The molecule has 1 aromatic heterocycles. The number of morpholine rings is 1. The van der Waals surface area contributed by atoms with Gasteiger partial charge in [-0.25, -0.2) is 0 Å². The molecule has 6 nitrogen and oxygen atoms in total. The second-order valence-corrected chi connectivity index (χ2v) is 6.78. The summed E-state index contributed by atoms with van der Waals surface area (Å²) in [4.78, 5) is 2.22. The Kier molecular flexibility index (Phi) is 5.72. The van der Waals surface area contributed by atoms with Crippen LogP contribution in [0.2, 0.25) is 0 Å². The van der Waals surface area contributed by atoms with E-state index in [1.807, 2.05) is 25.1 Å². The van der Waals surface area contributed by atoms with Gasteiger partial charge in [0.15, 0.2) is 5.16 Å². The van der Waals surface area contributed by atoms with E-state index in [1.54, 1.807) is 11.8 Å². The summed E-state index contributed by atoms with van der Waals surface area (Å²) in [6.07, 6.45) is 0. The first-order valence-corrected chi connectivity index (χ1v) is 9.08. The molecule has 24 heavy (non-hydrogen) atoms. The van der Waals surface area contributed by atoms with Crippen LogP contribution in [0.25, 0.3) is 0 Å². The number of hydrogen-bond acceptors (Lipinski definition) is 6. The Morgan fingerprint density at radius 3 is 2.71 bits per heavy atom. The fourth-order valence-corrected chi connectivity index (χ4v) is 3.40. The largest absolute Gasteiger partial charge is 0.378 e. The van der Waals surface area contributed by atoms with Crippen molar-refractivity contribution in [1.82, 2.24) is 14.8 Å². The van der Waals surface area contributed by atoms with Gasteiger partial charge in [-0.1, -0.05) is 42.1 Å². The summed E-state index contributed by atoms with van der Waals surface area (Å²) in [6, 6.07) is 12.6. The number of nitriles is 1. The van der Waals surface area contributed by atoms with Crippen LogP contribution >= 0.6 is 11.8 Å². The Morgan fingerprint density at radius 2 is 2.00 bits per heavy atom. The van der Waals surface area contributed by atoms with E-state index in [9.17, 15) is 0 Å². The zero-order valence-corrected chi connectivity index (χ0v) is 14.6. The zero-order valence-electron chi connectivity index (χ0n) is 13.8. The third-order valence-corrected chi connectivity index (χ3v) is 5.08. The van der Waals surface area contributed by atoms with E-state index in [0.717, 1.165) is 30.7 Å². The van der Waals surface area contributed by atoms with E-state index >= 15 is 0 Å². The molecule has 1 fully saturated rings. The fourth-order valence-electron chi connectivity index (χ4n) is 2.53. The van der Waals surface area contributed by atoms with Crippen molar-refractivity contribution in [3.63, 3.8) is 0 Å². The lowest BCUT2D eigenvalue weighted by Crippen LogP contribution is -2.38. The minimum absolute atomic E-state index is 0.0105. The van der Waals surface area contributed by atoms with E-state index in [4.69, 9.17) is 10.00 Å². The molecule has 1 aromatic carbocycles. The third kappa shape index (κ3) is 4.08. The van der Waals surface area contributed by atoms with Gasteiger partial charge in [0.05, 0.1) is 31.7 Å². The van der Waals surface area contributed by atoms with Gasteiger partial charge in [0, 0.05) is 18.8 Å². The predicted octanol–water partition coefficient (Wildman–Crippen LogP) is 2.41. The highest BCUT2D eigenvalue weighted by molar-refractivity contribution is 7.99. The standard InChI is InChI=1S/C17H21N5OS/c1-14(11-18)13-24-17-20-19-16(21-7-9-23-10-8-21)22(17)12-15-5-3-2-4-6-15/h2-6,14H,7-10,12-13H2,1H3/t14-/m1/s1. The molecule has 1 atom stereocenters. The molecule has 0 radical (unpaired) electrons. The van der Waals surface area contributed by atoms with Crippen molar-refractivity contribution in [2.24, 2.45) is 5.92 Å². The fraction of sp³-hybridized carbons (Fsp3) is 0.471. The van der Waals surface area contributed by atoms with Crippen molar-refractivity contribution in [3.05, 3.63) is 35.9 Å². The molecule has 0 bridgehead atoms. The first-order valence-electron chi connectivity index (χ1n) is 8.10. The van der Waals surface area contributed by atoms with Crippen LogP contribution < -0.4 is 4.90 Å². The van der Waals surface area contributed by atoms with E-state index in [1.165, 1.54) is 5.56 Å². The summed E-state index contributed by atoms with van der Waals surface area (Å²) in [5.41, 5.74) is 1.21. The molecule has 0 aliphatic carbocycles. The summed E-state index contributed by atoms with van der Waals surface area (Å²) >= 11 is 1.59. The minimum atomic E-state index is -0.0105. The van der Waals surface area contributed by atoms with Crippen LogP contribution in [0.4, 0.5) is 5.95 Å². The average molecular weight is 343 g/mol. The van der Waals surface area contributed by atoms with Crippen LogP contribution in [0.5, 0.6) is 0 Å². The molecule has 1 aliphatic heterocycles. The average Bonchev–Trinajstić information content (AvgIpc) is 3.04. The van der Waals surface area contributed by atoms with Gasteiger partial charge in [0.2, 0.25) is 5.95 Å². The van der Waals surface area contributed by atoms with Crippen molar-refractivity contribution >= 4 is 17.7 Å². The molecule has 0 spiro atoms. The highest BCUT2D eigenvalue weighted by Crippen LogP contribution is 2.25. The van der Waals surface area contributed by atoms with Gasteiger partial charge in [-0.2, -0.15) is 5.26 Å². The lowest BCUT2D eigenvalue weighted by atomic mass is 10.2. The minimum Gasteiger partial charge on any atom is -0.378 e. The van der Waals surface area contributed by atoms with Crippen LogP contribution in [0.15, 0.2) is 35.5 Å². The van der Waals surface area contributed by atoms with Gasteiger partial charge in [0.1, 0.15) is 0 Å². The molecule has 1 aliphatic rings. The quantitative estimate of drug-likeness (QED) is 0.751. The summed E-state index contributed by atoms with van der Waals surface area (Å²) in [5.74, 6) is 1.59. The monoisotopic (exact) mass is 343 g/mol. The summed E-state index contributed by atoms with van der Waals surface area (Å²) in [6.45, 7) is 5.73. The molecule has 2 aromatic rings. The molecule has 0 amide bonds.